The number of para-hydroxylation sites is 1. The fraction of sp³-hybridized carbons (Fsp3) is 0.353. The molecule has 0 saturated carbocycles. The van der Waals surface area contributed by atoms with E-state index in [1.165, 1.54) is 5.56 Å². The van der Waals surface area contributed by atoms with Gasteiger partial charge in [-0.15, -0.1) is 0 Å². The third kappa shape index (κ3) is 5.02. The number of rotatable bonds is 8. The SMILES string of the molecule is CCNC(CCOc1ccccc1)Cc1ccncc1. The van der Waals surface area contributed by atoms with Gasteiger partial charge in [-0.1, -0.05) is 25.1 Å². The summed E-state index contributed by atoms with van der Waals surface area (Å²) in [6.45, 7) is 3.84. The van der Waals surface area contributed by atoms with Gasteiger partial charge < -0.3 is 10.1 Å². The molecule has 1 aromatic carbocycles. The van der Waals surface area contributed by atoms with Gasteiger partial charge >= 0.3 is 0 Å². The van der Waals surface area contributed by atoms with Gasteiger partial charge in [0.05, 0.1) is 6.61 Å². The fourth-order valence-corrected chi connectivity index (χ4v) is 2.20. The predicted octanol–water partition coefficient (Wildman–Crippen LogP) is 3.07. The maximum atomic E-state index is 5.77. The lowest BCUT2D eigenvalue weighted by atomic mass is 10.0. The summed E-state index contributed by atoms with van der Waals surface area (Å²) in [6, 6.07) is 14.5. The summed E-state index contributed by atoms with van der Waals surface area (Å²) in [6.07, 6.45) is 5.69. The molecule has 0 aliphatic rings. The van der Waals surface area contributed by atoms with Crippen LogP contribution in [0.2, 0.25) is 0 Å². The van der Waals surface area contributed by atoms with Gasteiger partial charge in [0.2, 0.25) is 0 Å². The van der Waals surface area contributed by atoms with Gasteiger partial charge in [-0.25, -0.2) is 0 Å². The smallest absolute Gasteiger partial charge is 0.119 e. The van der Waals surface area contributed by atoms with Crippen molar-refractivity contribution >= 4 is 0 Å². The van der Waals surface area contributed by atoms with E-state index in [-0.39, 0.29) is 0 Å². The van der Waals surface area contributed by atoms with Crippen molar-refractivity contribution in [2.45, 2.75) is 25.8 Å². The zero-order valence-corrected chi connectivity index (χ0v) is 12.0. The highest BCUT2D eigenvalue weighted by atomic mass is 16.5. The Morgan fingerprint density at radius 1 is 1.10 bits per heavy atom. The molecule has 0 aliphatic carbocycles. The first-order chi connectivity index (χ1) is 9.88. The van der Waals surface area contributed by atoms with Gasteiger partial charge in [-0.2, -0.15) is 0 Å². The van der Waals surface area contributed by atoms with E-state index in [0.717, 1.165) is 31.7 Å². The van der Waals surface area contributed by atoms with Crippen molar-refractivity contribution in [2.75, 3.05) is 13.2 Å². The molecule has 2 aromatic rings. The van der Waals surface area contributed by atoms with Crippen LogP contribution in [0, 0.1) is 0 Å². The van der Waals surface area contributed by atoms with Gasteiger partial charge in [0.1, 0.15) is 5.75 Å². The highest BCUT2D eigenvalue weighted by molar-refractivity contribution is 5.20. The van der Waals surface area contributed by atoms with E-state index >= 15 is 0 Å². The normalized spacial score (nSPS) is 12.1. The second-order valence-electron chi connectivity index (χ2n) is 4.76. The summed E-state index contributed by atoms with van der Waals surface area (Å²) < 4.78 is 5.77. The minimum atomic E-state index is 0.436. The first-order valence-electron chi connectivity index (χ1n) is 7.18. The van der Waals surface area contributed by atoms with E-state index in [4.69, 9.17) is 4.74 Å². The number of aromatic nitrogens is 1. The fourth-order valence-electron chi connectivity index (χ4n) is 2.20. The van der Waals surface area contributed by atoms with Gasteiger partial charge in [0, 0.05) is 18.4 Å². The molecule has 3 nitrogen and oxygen atoms in total. The minimum absolute atomic E-state index is 0.436. The molecule has 0 aliphatic heterocycles. The van der Waals surface area contributed by atoms with Crippen molar-refractivity contribution < 1.29 is 4.74 Å². The van der Waals surface area contributed by atoms with Crippen molar-refractivity contribution in [3.05, 3.63) is 60.4 Å². The topological polar surface area (TPSA) is 34.1 Å². The Morgan fingerprint density at radius 3 is 2.55 bits per heavy atom. The average molecular weight is 270 g/mol. The minimum Gasteiger partial charge on any atom is -0.494 e. The third-order valence-electron chi connectivity index (χ3n) is 3.20. The largest absolute Gasteiger partial charge is 0.494 e. The van der Waals surface area contributed by atoms with Gasteiger partial charge in [-0.3, -0.25) is 4.98 Å². The number of pyridine rings is 1. The maximum absolute atomic E-state index is 5.77. The molecule has 0 radical (unpaired) electrons. The summed E-state index contributed by atoms with van der Waals surface area (Å²) in [5.74, 6) is 0.937. The van der Waals surface area contributed by atoms with E-state index < -0.39 is 0 Å². The molecule has 0 saturated heterocycles. The van der Waals surface area contributed by atoms with Crippen molar-refractivity contribution in [2.24, 2.45) is 0 Å². The number of ether oxygens (including phenoxy) is 1. The molecular formula is C17H22N2O. The molecular weight excluding hydrogens is 248 g/mol. The van der Waals surface area contributed by atoms with Crippen LogP contribution >= 0.6 is 0 Å². The maximum Gasteiger partial charge on any atom is 0.119 e. The first-order valence-corrected chi connectivity index (χ1v) is 7.18. The molecule has 1 heterocycles. The van der Waals surface area contributed by atoms with E-state index in [2.05, 4.69) is 29.4 Å². The second kappa shape index (κ2) is 8.33. The Kier molecular flexibility index (Phi) is 6.06. The van der Waals surface area contributed by atoms with Crippen LogP contribution in [0.4, 0.5) is 0 Å². The van der Waals surface area contributed by atoms with E-state index in [0.29, 0.717) is 6.04 Å². The molecule has 20 heavy (non-hydrogen) atoms. The average Bonchev–Trinajstić information content (AvgIpc) is 2.49. The lowest BCUT2D eigenvalue weighted by molar-refractivity contribution is 0.285. The Balaban J connectivity index is 1.80. The molecule has 0 fully saturated rings. The van der Waals surface area contributed by atoms with Crippen LogP contribution in [0.3, 0.4) is 0 Å². The summed E-state index contributed by atoms with van der Waals surface area (Å²) in [5.41, 5.74) is 1.31. The monoisotopic (exact) mass is 270 g/mol. The second-order valence-corrected chi connectivity index (χ2v) is 4.76. The number of nitrogens with zero attached hydrogens (tertiary/aromatic N) is 1. The molecule has 3 heteroatoms. The lowest BCUT2D eigenvalue weighted by Gasteiger charge is -2.18. The number of hydrogen-bond acceptors (Lipinski definition) is 3. The Labute approximate surface area is 121 Å². The van der Waals surface area contributed by atoms with Gasteiger partial charge in [0.25, 0.3) is 0 Å². The number of nitrogens with one attached hydrogen (secondary N) is 1. The zero-order chi connectivity index (χ0) is 14.0. The zero-order valence-electron chi connectivity index (χ0n) is 12.0. The molecule has 0 spiro atoms. The third-order valence-corrected chi connectivity index (χ3v) is 3.20. The van der Waals surface area contributed by atoms with Crippen LogP contribution < -0.4 is 10.1 Å². The molecule has 1 aromatic heterocycles. The molecule has 106 valence electrons. The lowest BCUT2D eigenvalue weighted by Crippen LogP contribution is -2.32. The summed E-state index contributed by atoms with van der Waals surface area (Å²) in [5, 5.41) is 3.52. The van der Waals surface area contributed by atoms with E-state index in [9.17, 15) is 0 Å². The van der Waals surface area contributed by atoms with Crippen LogP contribution in [-0.2, 0) is 6.42 Å². The van der Waals surface area contributed by atoms with Gasteiger partial charge in [-0.05, 0) is 49.2 Å². The first kappa shape index (κ1) is 14.5. The van der Waals surface area contributed by atoms with Crippen molar-refractivity contribution in [3.63, 3.8) is 0 Å². The summed E-state index contributed by atoms with van der Waals surface area (Å²) in [4.78, 5) is 4.06. The molecule has 1 atom stereocenters. The quantitative estimate of drug-likeness (QED) is 0.800. The van der Waals surface area contributed by atoms with Crippen LogP contribution in [0.1, 0.15) is 18.9 Å². The van der Waals surface area contributed by atoms with Crippen molar-refractivity contribution in [1.82, 2.24) is 10.3 Å². The molecule has 0 amide bonds. The Hall–Kier alpha value is -1.87. The van der Waals surface area contributed by atoms with Crippen LogP contribution in [0.25, 0.3) is 0 Å². The Bertz CT molecular complexity index is 473. The van der Waals surface area contributed by atoms with Crippen molar-refractivity contribution in [3.8, 4) is 5.75 Å². The van der Waals surface area contributed by atoms with Crippen LogP contribution in [-0.4, -0.2) is 24.2 Å². The summed E-state index contributed by atoms with van der Waals surface area (Å²) in [7, 11) is 0. The number of likely N-dealkylation sites (N-methyl/N-ethyl adjacent to an activating group) is 1. The van der Waals surface area contributed by atoms with E-state index in [1.807, 2.05) is 42.7 Å². The Morgan fingerprint density at radius 2 is 1.85 bits per heavy atom. The molecule has 1 N–H and O–H groups in total. The highest BCUT2D eigenvalue weighted by Crippen LogP contribution is 2.10. The van der Waals surface area contributed by atoms with Crippen LogP contribution in [0.5, 0.6) is 5.75 Å². The molecule has 1 unspecified atom stereocenters. The molecule has 2 rings (SSSR count). The summed E-state index contributed by atoms with van der Waals surface area (Å²) >= 11 is 0. The molecule has 0 bridgehead atoms. The van der Waals surface area contributed by atoms with Gasteiger partial charge in [0.15, 0.2) is 0 Å². The number of hydrogen-bond donors (Lipinski definition) is 1. The predicted molar refractivity (Wildman–Crippen MR) is 82.0 cm³/mol. The van der Waals surface area contributed by atoms with E-state index in [1.54, 1.807) is 0 Å². The standard InChI is InChI=1S/C17H22N2O/c1-2-19-16(14-15-8-11-18-12-9-15)10-13-20-17-6-4-3-5-7-17/h3-9,11-12,16,19H,2,10,13-14H2,1H3. The van der Waals surface area contributed by atoms with Crippen molar-refractivity contribution in [1.29, 1.82) is 0 Å². The van der Waals surface area contributed by atoms with Crippen LogP contribution in [0.15, 0.2) is 54.9 Å². The number of benzene rings is 1. The highest BCUT2D eigenvalue weighted by Gasteiger charge is 2.08.